The zero-order valence-corrected chi connectivity index (χ0v) is 21.4. The Morgan fingerprint density at radius 2 is 1.92 bits per heavy atom. The zero-order chi connectivity index (χ0) is 26.1. The van der Waals surface area contributed by atoms with Gasteiger partial charge in [-0.3, -0.25) is 20.1 Å². The molecule has 8 nitrogen and oxygen atoms in total. The van der Waals surface area contributed by atoms with Crippen LogP contribution < -0.4 is 5.32 Å². The molecule has 0 fully saturated rings. The summed E-state index contributed by atoms with van der Waals surface area (Å²) in [6, 6.07) is 14.2. The minimum Gasteiger partial charge on any atom is -0.358 e. The molecule has 0 saturated carbocycles. The third-order valence-corrected chi connectivity index (χ3v) is 6.69. The van der Waals surface area contributed by atoms with E-state index < -0.39 is 0 Å². The lowest BCUT2D eigenvalue weighted by Crippen LogP contribution is -2.01. The van der Waals surface area contributed by atoms with Gasteiger partial charge in [-0.15, -0.1) is 0 Å². The van der Waals surface area contributed by atoms with Gasteiger partial charge < -0.3 is 10.3 Å². The molecule has 8 heteroatoms. The molecule has 0 bridgehead atoms. The summed E-state index contributed by atoms with van der Waals surface area (Å²) in [6.07, 6.45) is 10.4. The molecular formula is C30H28N8. The number of anilines is 1. The van der Waals surface area contributed by atoms with Crippen molar-refractivity contribution in [2.45, 2.75) is 33.1 Å². The van der Waals surface area contributed by atoms with E-state index in [0.29, 0.717) is 5.82 Å². The maximum absolute atomic E-state index is 4.92. The van der Waals surface area contributed by atoms with E-state index in [4.69, 9.17) is 4.98 Å². The van der Waals surface area contributed by atoms with Crippen LogP contribution >= 0.6 is 0 Å². The molecule has 5 aromatic heterocycles. The van der Waals surface area contributed by atoms with E-state index in [-0.39, 0.29) is 0 Å². The molecule has 0 aliphatic carbocycles. The molecule has 6 aromatic rings. The average Bonchev–Trinajstić information content (AvgIpc) is 3.57. The van der Waals surface area contributed by atoms with Crippen molar-refractivity contribution in [3.05, 3.63) is 85.2 Å². The lowest BCUT2D eigenvalue weighted by atomic mass is 10.0. The van der Waals surface area contributed by atoms with Crippen LogP contribution in [0.3, 0.4) is 0 Å². The molecule has 188 valence electrons. The second kappa shape index (κ2) is 9.89. The number of hydrogen-bond acceptors (Lipinski definition) is 6. The Kier molecular flexibility index (Phi) is 6.13. The van der Waals surface area contributed by atoms with Crippen molar-refractivity contribution in [2.75, 3.05) is 5.32 Å². The standard InChI is InChI=1S/C30H28N8/c1-4-5-8-18(2)34-26-14-21(15-33-19(26)3)20-10-11-25-22(13-20)29(38-37-25)30-35-27-17-31-16-23(28(27)36-30)24-9-6-7-12-32-24/h6-7,9-17,34H,2,4-5,8H2,1,3H3,(H,35,36)(H,37,38). The number of H-pyrrole nitrogens is 2. The second-order valence-electron chi connectivity index (χ2n) is 9.41. The fraction of sp³-hybridized carbons (Fsp3) is 0.167. The van der Waals surface area contributed by atoms with Gasteiger partial charge in [0.2, 0.25) is 0 Å². The van der Waals surface area contributed by atoms with Crippen LogP contribution in [0.4, 0.5) is 5.69 Å². The highest BCUT2D eigenvalue weighted by Crippen LogP contribution is 2.33. The van der Waals surface area contributed by atoms with Crippen LogP contribution in [0.5, 0.6) is 0 Å². The molecule has 0 aliphatic heterocycles. The van der Waals surface area contributed by atoms with E-state index in [9.17, 15) is 0 Å². The normalized spacial score (nSPS) is 11.3. The van der Waals surface area contributed by atoms with Gasteiger partial charge in [0, 0.05) is 40.8 Å². The van der Waals surface area contributed by atoms with Crippen LogP contribution in [0, 0.1) is 6.92 Å². The minimum atomic E-state index is 0.671. The van der Waals surface area contributed by atoms with Crippen LogP contribution in [0.25, 0.3) is 55.8 Å². The number of aromatic amines is 2. The Morgan fingerprint density at radius 3 is 2.76 bits per heavy atom. The molecule has 1 aromatic carbocycles. The lowest BCUT2D eigenvalue weighted by molar-refractivity contribution is 0.791. The fourth-order valence-electron chi connectivity index (χ4n) is 4.59. The number of benzene rings is 1. The summed E-state index contributed by atoms with van der Waals surface area (Å²) in [5, 5.41) is 12.2. The van der Waals surface area contributed by atoms with Crippen molar-refractivity contribution in [1.82, 2.24) is 35.1 Å². The summed E-state index contributed by atoms with van der Waals surface area (Å²) in [4.78, 5) is 21.8. The summed E-state index contributed by atoms with van der Waals surface area (Å²) in [5.74, 6) is 0.671. The summed E-state index contributed by atoms with van der Waals surface area (Å²) in [5.41, 5.74) is 9.99. The topological polar surface area (TPSA) is 108 Å². The first-order chi connectivity index (χ1) is 18.6. The van der Waals surface area contributed by atoms with Gasteiger partial charge in [-0.05, 0) is 55.7 Å². The summed E-state index contributed by atoms with van der Waals surface area (Å²) >= 11 is 0. The Bertz CT molecular complexity index is 1760. The van der Waals surface area contributed by atoms with Crippen LogP contribution in [-0.2, 0) is 0 Å². The second-order valence-corrected chi connectivity index (χ2v) is 9.41. The Hall–Kier alpha value is -4.85. The van der Waals surface area contributed by atoms with Crippen LogP contribution in [0.15, 0.2) is 79.5 Å². The van der Waals surface area contributed by atoms with Gasteiger partial charge in [-0.1, -0.05) is 32.1 Å². The van der Waals surface area contributed by atoms with Gasteiger partial charge in [-0.25, -0.2) is 4.98 Å². The number of fused-ring (bicyclic) bond motifs is 2. The fourth-order valence-corrected chi connectivity index (χ4v) is 4.59. The van der Waals surface area contributed by atoms with Gasteiger partial charge in [0.25, 0.3) is 0 Å². The number of nitrogens with zero attached hydrogens (tertiary/aromatic N) is 5. The highest BCUT2D eigenvalue weighted by molar-refractivity contribution is 5.97. The smallest absolute Gasteiger partial charge is 0.159 e. The number of allylic oxidation sites excluding steroid dienone is 1. The molecule has 0 amide bonds. The first-order valence-corrected chi connectivity index (χ1v) is 12.8. The summed E-state index contributed by atoms with van der Waals surface area (Å²) in [6.45, 7) is 8.37. The molecule has 3 N–H and O–H groups in total. The molecule has 0 aliphatic rings. The van der Waals surface area contributed by atoms with Crippen molar-refractivity contribution >= 4 is 27.6 Å². The van der Waals surface area contributed by atoms with Gasteiger partial charge in [-0.2, -0.15) is 5.10 Å². The van der Waals surface area contributed by atoms with Gasteiger partial charge in [0.05, 0.1) is 34.3 Å². The van der Waals surface area contributed by atoms with E-state index in [1.165, 1.54) is 0 Å². The number of pyridine rings is 3. The monoisotopic (exact) mass is 500 g/mol. The average molecular weight is 501 g/mol. The summed E-state index contributed by atoms with van der Waals surface area (Å²) in [7, 11) is 0. The molecule has 0 atom stereocenters. The predicted octanol–water partition coefficient (Wildman–Crippen LogP) is 7.05. The Balaban J connectivity index is 1.38. The Morgan fingerprint density at radius 1 is 1.00 bits per heavy atom. The SMILES string of the molecule is C=C(CCCC)Nc1cc(-c2ccc3[nH]nc(-c4nc5c(-c6ccccn6)cncc5[nH]4)c3c2)cnc1C. The Labute approximate surface area is 220 Å². The number of rotatable bonds is 8. The van der Waals surface area contributed by atoms with Gasteiger partial charge in [0.1, 0.15) is 11.2 Å². The van der Waals surface area contributed by atoms with E-state index in [2.05, 4.69) is 67.2 Å². The molecule has 0 spiro atoms. The molecule has 0 radical (unpaired) electrons. The predicted molar refractivity (Wildman–Crippen MR) is 152 cm³/mol. The van der Waals surface area contributed by atoms with E-state index in [1.54, 1.807) is 18.6 Å². The molecule has 0 unspecified atom stereocenters. The zero-order valence-electron chi connectivity index (χ0n) is 21.4. The van der Waals surface area contributed by atoms with Gasteiger partial charge in [0.15, 0.2) is 5.82 Å². The number of imidazole rings is 1. The quantitative estimate of drug-likeness (QED) is 0.207. The molecular weight excluding hydrogens is 472 g/mol. The van der Waals surface area contributed by atoms with Crippen molar-refractivity contribution in [3.8, 4) is 33.9 Å². The van der Waals surface area contributed by atoms with Crippen molar-refractivity contribution in [3.63, 3.8) is 0 Å². The lowest BCUT2D eigenvalue weighted by Gasteiger charge is -2.13. The van der Waals surface area contributed by atoms with E-state index >= 15 is 0 Å². The molecule has 6 rings (SSSR count). The van der Waals surface area contributed by atoms with Crippen LogP contribution in [0.1, 0.15) is 31.9 Å². The maximum atomic E-state index is 4.92. The molecule has 38 heavy (non-hydrogen) atoms. The van der Waals surface area contributed by atoms with Crippen molar-refractivity contribution in [2.24, 2.45) is 0 Å². The molecule has 5 heterocycles. The number of unbranched alkanes of at least 4 members (excludes halogenated alkanes) is 1. The largest absolute Gasteiger partial charge is 0.358 e. The van der Waals surface area contributed by atoms with Crippen LogP contribution in [0.2, 0.25) is 0 Å². The first-order valence-electron chi connectivity index (χ1n) is 12.8. The van der Waals surface area contributed by atoms with E-state index in [1.807, 2.05) is 37.4 Å². The summed E-state index contributed by atoms with van der Waals surface area (Å²) < 4.78 is 0. The third kappa shape index (κ3) is 4.41. The number of aromatic nitrogens is 7. The molecule has 0 saturated heterocycles. The first kappa shape index (κ1) is 23.5. The van der Waals surface area contributed by atoms with Crippen LogP contribution in [-0.4, -0.2) is 35.1 Å². The number of aryl methyl sites for hydroxylation is 1. The minimum absolute atomic E-state index is 0.671. The highest BCUT2D eigenvalue weighted by atomic mass is 15.1. The number of hydrogen-bond donors (Lipinski definition) is 3. The number of nitrogens with one attached hydrogen (secondary N) is 3. The maximum Gasteiger partial charge on any atom is 0.159 e. The highest BCUT2D eigenvalue weighted by Gasteiger charge is 2.17. The third-order valence-electron chi connectivity index (χ3n) is 6.69. The van der Waals surface area contributed by atoms with Crippen molar-refractivity contribution in [1.29, 1.82) is 0 Å². The van der Waals surface area contributed by atoms with E-state index in [0.717, 1.165) is 86.4 Å². The van der Waals surface area contributed by atoms with Crippen molar-refractivity contribution < 1.29 is 0 Å². The van der Waals surface area contributed by atoms with Gasteiger partial charge >= 0.3 is 0 Å².